The van der Waals surface area contributed by atoms with Crippen molar-refractivity contribution < 1.29 is 38.1 Å². The van der Waals surface area contributed by atoms with Crippen LogP contribution in [0.2, 0.25) is 0 Å². The molecule has 5 unspecified atom stereocenters. The summed E-state index contributed by atoms with van der Waals surface area (Å²) in [7, 11) is 0. The smallest absolute Gasteiger partial charge is 0.374 e. The molecule has 0 bridgehead atoms. The Morgan fingerprint density at radius 3 is 2.86 bits per heavy atom. The lowest BCUT2D eigenvalue weighted by atomic mass is 10.1. The number of rotatable bonds is 8. The molecule has 37 heavy (non-hydrogen) atoms. The summed E-state index contributed by atoms with van der Waals surface area (Å²) in [6.45, 7) is 6.20. The molecule has 0 saturated carbocycles. The number of hydrogen-bond acceptors (Lipinski definition) is 12. The molecule has 5 atom stereocenters. The van der Waals surface area contributed by atoms with E-state index >= 15 is 0 Å². The van der Waals surface area contributed by atoms with Crippen molar-refractivity contribution in [2.45, 2.75) is 63.6 Å². The van der Waals surface area contributed by atoms with Crippen LogP contribution in [0.25, 0.3) is 11.2 Å². The zero-order valence-corrected chi connectivity index (χ0v) is 20.4. The molecule has 2 fully saturated rings. The van der Waals surface area contributed by atoms with Gasteiger partial charge >= 0.3 is 5.97 Å². The Morgan fingerprint density at radius 1 is 1.27 bits per heavy atom. The number of anilines is 1. The van der Waals surface area contributed by atoms with E-state index < -0.39 is 36.3 Å². The van der Waals surface area contributed by atoms with Crippen molar-refractivity contribution in [3.63, 3.8) is 0 Å². The molecule has 6 rings (SSSR count). The Bertz CT molecular complexity index is 1350. The minimum atomic E-state index is -1.24. The Labute approximate surface area is 210 Å². The monoisotopic (exact) mass is 514 g/mol. The van der Waals surface area contributed by atoms with Gasteiger partial charge in [-0.1, -0.05) is 0 Å². The summed E-state index contributed by atoms with van der Waals surface area (Å²) in [6, 6.07) is 1.20. The summed E-state index contributed by atoms with van der Waals surface area (Å²) in [6.07, 6.45) is 4.11. The van der Waals surface area contributed by atoms with Gasteiger partial charge in [0.1, 0.15) is 37.0 Å². The summed E-state index contributed by atoms with van der Waals surface area (Å²) < 4.78 is 36.6. The second kappa shape index (κ2) is 8.97. The van der Waals surface area contributed by atoms with Crippen LogP contribution in [-0.4, -0.2) is 79.1 Å². The molecular formula is C23H26N6O8. The molecule has 0 radical (unpaired) electrons. The van der Waals surface area contributed by atoms with Gasteiger partial charge in [0, 0.05) is 6.42 Å². The number of hydrogen-bond donors (Lipinski definition) is 2. The average molecular weight is 514 g/mol. The van der Waals surface area contributed by atoms with Crippen molar-refractivity contribution in [3.8, 4) is 5.88 Å². The average Bonchev–Trinajstić information content (AvgIpc) is 3.66. The summed E-state index contributed by atoms with van der Waals surface area (Å²) in [5.41, 5.74) is 1.14. The number of nitrogens with one attached hydrogen (secondary N) is 1. The maximum absolute atomic E-state index is 11.0. The van der Waals surface area contributed by atoms with Crippen molar-refractivity contribution in [3.05, 3.63) is 36.3 Å². The molecule has 2 saturated heterocycles. The molecule has 3 aromatic heterocycles. The first-order chi connectivity index (χ1) is 17.8. The lowest BCUT2D eigenvalue weighted by Gasteiger charge is -2.24. The highest BCUT2D eigenvalue weighted by molar-refractivity contribution is 5.84. The second-order valence-corrected chi connectivity index (χ2v) is 9.51. The van der Waals surface area contributed by atoms with Crippen molar-refractivity contribution >= 4 is 23.0 Å². The first kappa shape index (κ1) is 23.6. The Balaban J connectivity index is 1.22. The van der Waals surface area contributed by atoms with Crippen LogP contribution in [0.15, 0.2) is 35.1 Å². The van der Waals surface area contributed by atoms with E-state index in [2.05, 4.69) is 31.5 Å². The molecular weight excluding hydrogens is 488 g/mol. The number of nitrogens with zero attached hydrogens (tertiary/aromatic N) is 5. The second-order valence-electron chi connectivity index (χ2n) is 9.51. The van der Waals surface area contributed by atoms with Crippen molar-refractivity contribution in [2.24, 2.45) is 0 Å². The summed E-state index contributed by atoms with van der Waals surface area (Å²) in [5, 5.41) is 15.9. The predicted octanol–water partition coefficient (Wildman–Crippen LogP) is 2.11. The molecule has 0 spiro atoms. The number of aromatic nitrogens is 5. The summed E-state index contributed by atoms with van der Waals surface area (Å²) in [5.74, 6) is -0.926. The quantitative estimate of drug-likeness (QED) is 0.449. The van der Waals surface area contributed by atoms with E-state index in [1.54, 1.807) is 10.9 Å². The van der Waals surface area contributed by atoms with Crippen LogP contribution < -0.4 is 10.1 Å². The van der Waals surface area contributed by atoms with Crippen molar-refractivity contribution in [1.82, 2.24) is 24.7 Å². The van der Waals surface area contributed by atoms with Gasteiger partial charge in [-0.05, 0) is 32.0 Å². The van der Waals surface area contributed by atoms with Gasteiger partial charge in [-0.25, -0.2) is 19.7 Å². The lowest BCUT2D eigenvalue weighted by Crippen LogP contribution is -2.34. The standard InChI is InChI=1S/C23H26N6O8/c1-11-4-5-12(33-11)7-24-19-16-20(26-9-25-19)29(10-27-16)21-18-17(35-23(2,3)36-18)14(34-21)8-32-15-6-13(22(30)31)37-28-15/h5-6,9-11,14,17-18,21H,4,7-8H2,1-3H3,(H,30,31)(H,24,25,26). The molecule has 2 N–H and O–H groups in total. The van der Waals surface area contributed by atoms with E-state index in [9.17, 15) is 4.79 Å². The molecule has 0 aromatic carbocycles. The number of carboxylic acid groups (broad SMARTS) is 1. The molecule has 3 aromatic rings. The maximum atomic E-state index is 11.0. The highest BCUT2D eigenvalue weighted by Crippen LogP contribution is 2.44. The van der Waals surface area contributed by atoms with Gasteiger partial charge in [0.2, 0.25) is 5.76 Å². The highest BCUT2D eigenvalue weighted by Gasteiger charge is 2.56. The topological polar surface area (TPSA) is 165 Å². The Morgan fingerprint density at radius 2 is 2.11 bits per heavy atom. The Kier molecular flexibility index (Phi) is 5.73. The van der Waals surface area contributed by atoms with E-state index in [-0.39, 0.29) is 24.4 Å². The zero-order chi connectivity index (χ0) is 25.7. The first-order valence-electron chi connectivity index (χ1n) is 11.9. The maximum Gasteiger partial charge on any atom is 0.374 e. The fourth-order valence-electron chi connectivity index (χ4n) is 4.72. The van der Waals surface area contributed by atoms with Crippen molar-refractivity contribution in [2.75, 3.05) is 18.5 Å². The largest absolute Gasteiger partial charge is 0.493 e. The molecule has 196 valence electrons. The molecule has 3 aliphatic rings. The van der Waals surface area contributed by atoms with E-state index in [1.807, 2.05) is 20.8 Å². The van der Waals surface area contributed by atoms with Crippen LogP contribution in [0, 0.1) is 0 Å². The number of aromatic carboxylic acids is 1. The predicted molar refractivity (Wildman–Crippen MR) is 124 cm³/mol. The van der Waals surface area contributed by atoms with Crippen LogP contribution in [0.1, 0.15) is 44.0 Å². The van der Waals surface area contributed by atoms with Gasteiger partial charge in [-0.2, -0.15) is 0 Å². The van der Waals surface area contributed by atoms with Crippen LogP contribution in [0.5, 0.6) is 5.88 Å². The van der Waals surface area contributed by atoms with Crippen LogP contribution in [-0.2, 0) is 18.9 Å². The molecule has 0 amide bonds. The van der Waals surface area contributed by atoms with Crippen LogP contribution in [0.4, 0.5) is 5.82 Å². The van der Waals surface area contributed by atoms with Gasteiger partial charge in [0.05, 0.1) is 25.0 Å². The molecule has 3 aliphatic heterocycles. The summed E-state index contributed by atoms with van der Waals surface area (Å²) in [4.78, 5) is 24.4. The summed E-state index contributed by atoms with van der Waals surface area (Å²) >= 11 is 0. The Hall–Kier alpha value is -3.75. The van der Waals surface area contributed by atoms with Crippen LogP contribution >= 0.6 is 0 Å². The zero-order valence-electron chi connectivity index (χ0n) is 20.4. The van der Waals surface area contributed by atoms with E-state index in [1.165, 1.54) is 12.4 Å². The number of fused-ring (bicyclic) bond motifs is 2. The van der Waals surface area contributed by atoms with Crippen LogP contribution in [0.3, 0.4) is 0 Å². The lowest BCUT2D eigenvalue weighted by molar-refractivity contribution is -0.199. The van der Waals surface area contributed by atoms with E-state index in [0.29, 0.717) is 23.5 Å². The number of imidazole rings is 1. The SMILES string of the molecule is CC1CC=C(CNc2ncnc3c2ncn3C2OC(COc3cc(C(=O)O)on3)C3OC(C)(C)OC32)O1. The van der Waals surface area contributed by atoms with Gasteiger partial charge in [-0.15, -0.1) is 0 Å². The molecule has 14 heteroatoms. The molecule has 6 heterocycles. The first-order valence-corrected chi connectivity index (χ1v) is 11.9. The number of carbonyl (C=O) groups is 1. The third-order valence-electron chi connectivity index (χ3n) is 6.31. The van der Waals surface area contributed by atoms with Gasteiger partial charge in [0.25, 0.3) is 5.88 Å². The third-order valence-corrected chi connectivity index (χ3v) is 6.31. The van der Waals surface area contributed by atoms with Gasteiger partial charge in [0.15, 0.2) is 29.0 Å². The molecule has 0 aliphatic carbocycles. The minimum absolute atomic E-state index is 0.0324. The van der Waals surface area contributed by atoms with E-state index in [4.69, 9.17) is 33.3 Å². The fourth-order valence-corrected chi connectivity index (χ4v) is 4.72. The normalized spacial score (nSPS) is 28.2. The number of ether oxygens (including phenoxy) is 5. The highest BCUT2D eigenvalue weighted by atomic mass is 16.8. The fraction of sp³-hybridized carbons (Fsp3) is 0.522. The van der Waals surface area contributed by atoms with E-state index in [0.717, 1.165) is 12.2 Å². The molecule has 14 nitrogen and oxygen atoms in total. The van der Waals surface area contributed by atoms with Gasteiger partial charge < -0.3 is 38.6 Å². The van der Waals surface area contributed by atoms with Crippen molar-refractivity contribution in [1.29, 1.82) is 0 Å². The number of carboxylic acids is 1. The minimum Gasteiger partial charge on any atom is -0.493 e. The third kappa shape index (κ3) is 4.47. The van der Waals surface area contributed by atoms with Gasteiger partial charge in [-0.3, -0.25) is 4.57 Å².